The first-order valence-corrected chi connectivity index (χ1v) is 5.73. The van der Waals surface area contributed by atoms with Gasteiger partial charge in [-0.2, -0.15) is 13.2 Å². The minimum Gasteiger partial charge on any atom is -0.256 e. The van der Waals surface area contributed by atoms with Crippen LogP contribution in [0.1, 0.15) is 16.7 Å². The summed E-state index contributed by atoms with van der Waals surface area (Å²) in [4.78, 5) is 4.22. The van der Waals surface area contributed by atoms with E-state index in [0.717, 1.165) is 23.4 Å². The molecule has 4 heteroatoms. The lowest BCUT2D eigenvalue weighted by Gasteiger charge is -2.05. The summed E-state index contributed by atoms with van der Waals surface area (Å²) < 4.78 is 37.1. The number of halogens is 3. The summed E-state index contributed by atoms with van der Waals surface area (Å²) in [5.74, 6) is 0. The lowest BCUT2D eigenvalue weighted by Crippen LogP contribution is -2.04. The van der Waals surface area contributed by atoms with Crippen molar-refractivity contribution in [2.24, 2.45) is 4.99 Å². The number of benzene rings is 2. The van der Waals surface area contributed by atoms with E-state index in [9.17, 15) is 13.2 Å². The molecule has 0 aromatic heterocycles. The lowest BCUT2D eigenvalue weighted by atomic mass is 10.1. The highest BCUT2D eigenvalue weighted by molar-refractivity contribution is 5.82. The SMILES string of the molecule is Cc1cccc(N=Cc2ccc(C(F)(F)F)cc2)c1. The van der Waals surface area contributed by atoms with Crippen molar-refractivity contribution in [3.8, 4) is 0 Å². The van der Waals surface area contributed by atoms with Gasteiger partial charge in [-0.3, -0.25) is 4.99 Å². The van der Waals surface area contributed by atoms with Crippen molar-refractivity contribution in [3.63, 3.8) is 0 Å². The van der Waals surface area contributed by atoms with Gasteiger partial charge in [0, 0.05) is 6.21 Å². The Hall–Kier alpha value is -2.10. The molecule has 2 rings (SSSR count). The van der Waals surface area contributed by atoms with Gasteiger partial charge in [-0.1, -0.05) is 24.3 Å². The molecule has 0 radical (unpaired) electrons. The first kappa shape index (κ1) is 13.3. The standard InChI is InChI=1S/C15H12F3N/c1-11-3-2-4-14(9-11)19-10-12-5-7-13(8-6-12)15(16,17)18/h2-10H,1H3. The summed E-state index contributed by atoms with van der Waals surface area (Å²) in [6.07, 6.45) is -2.75. The van der Waals surface area contributed by atoms with Crippen molar-refractivity contribution in [2.75, 3.05) is 0 Å². The van der Waals surface area contributed by atoms with Gasteiger partial charge in [0.15, 0.2) is 0 Å². The smallest absolute Gasteiger partial charge is 0.256 e. The molecule has 19 heavy (non-hydrogen) atoms. The molecule has 0 aliphatic rings. The third-order valence-corrected chi connectivity index (χ3v) is 2.60. The minimum absolute atomic E-state index is 0.634. The summed E-state index contributed by atoms with van der Waals surface area (Å²) in [7, 11) is 0. The topological polar surface area (TPSA) is 12.4 Å². The predicted octanol–water partition coefficient (Wildman–Crippen LogP) is 4.76. The van der Waals surface area contributed by atoms with Crippen LogP contribution in [0.3, 0.4) is 0 Å². The Morgan fingerprint density at radius 3 is 2.26 bits per heavy atom. The molecular weight excluding hydrogens is 251 g/mol. The third kappa shape index (κ3) is 3.68. The fraction of sp³-hybridized carbons (Fsp3) is 0.133. The fourth-order valence-corrected chi connectivity index (χ4v) is 1.62. The van der Waals surface area contributed by atoms with E-state index in [2.05, 4.69) is 4.99 Å². The Morgan fingerprint density at radius 2 is 1.68 bits per heavy atom. The quantitative estimate of drug-likeness (QED) is 0.692. The molecule has 0 aliphatic carbocycles. The monoisotopic (exact) mass is 263 g/mol. The summed E-state index contributed by atoms with van der Waals surface area (Å²) in [5.41, 5.74) is 1.84. The molecule has 0 fully saturated rings. The molecule has 0 unspecified atom stereocenters. The average molecular weight is 263 g/mol. The van der Waals surface area contributed by atoms with Crippen LogP contribution in [-0.4, -0.2) is 6.21 Å². The van der Waals surface area contributed by atoms with E-state index >= 15 is 0 Å². The predicted molar refractivity (Wildman–Crippen MR) is 69.9 cm³/mol. The van der Waals surface area contributed by atoms with E-state index < -0.39 is 11.7 Å². The normalized spacial score (nSPS) is 12.0. The van der Waals surface area contributed by atoms with E-state index in [0.29, 0.717) is 5.56 Å². The maximum absolute atomic E-state index is 12.4. The molecule has 2 aromatic rings. The molecule has 0 spiro atoms. The average Bonchev–Trinajstić information content (AvgIpc) is 2.36. The second-order valence-corrected chi connectivity index (χ2v) is 4.22. The molecule has 0 amide bonds. The van der Waals surface area contributed by atoms with E-state index in [1.165, 1.54) is 12.1 Å². The second kappa shape index (κ2) is 5.26. The molecule has 0 atom stereocenters. The van der Waals surface area contributed by atoms with E-state index in [1.807, 2.05) is 31.2 Å². The van der Waals surface area contributed by atoms with Crippen LogP contribution in [0.2, 0.25) is 0 Å². The first-order chi connectivity index (χ1) is 8.95. The Morgan fingerprint density at radius 1 is 1.00 bits per heavy atom. The highest BCUT2D eigenvalue weighted by Gasteiger charge is 2.29. The van der Waals surface area contributed by atoms with Gasteiger partial charge in [0.2, 0.25) is 0 Å². The van der Waals surface area contributed by atoms with E-state index in [1.54, 1.807) is 6.21 Å². The zero-order valence-corrected chi connectivity index (χ0v) is 10.3. The molecule has 0 N–H and O–H groups in total. The molecule has 2 aromatic carbocycles. The van der Waals surface area contributed by atoms with Crippen LogP contribution in [0.25, 0.3) is 0 Å². The van der Waals surface area contributed by atoms with Gasteiger partial charge in [0.1, 0.15) is 0 Å². The molecule has 0 saturated heterocycles. The van der Waals surface area contributed by atoms with Crippen LogP contribution in [0.4, 0.5) is 18.9 Å². The van der Waals surface area contributed by atoms with Crippen molar-refractivity contribution in [3.05, 3.63) is 65.2 Å². The summed E-state index contributed by atoms with van der Waals surface area (Å²) >= 11 is 0. The van der Waals surface area contributed by atoms with Gasteiger partial charge in [-0.25, -0.2) is 0 Å². The van der Waals surface area contributed by atoms with Gasteiger partial charge >= 0.3 is 6.18 Å². The molecular formula is C15H12F3N. The molecule has 0 heterocycles. The van der Waals surface area contributed by atoms with Crippen molar-refractivity contribution in [1.29, 1.82) is 0 Å². The largest absolute Gasteiger partial charge is 0.416 e. The number of hydrogen-bond acceptors (Lipinski definition) is 1. The third-order valence-electron chi connectivity index (χ3n) is 2.60. The van der Waals surface area contributed by atoms with E-state index in [-0.39, 0.29) is 0 Å². The van der Waals surface area contributed by atoms with Crippen LogP contribution in [0.15, 0.2) is 53.5 Å². The Bertz CT molecular complexity index is 583. The van der Waals surface area contributed by atoms with Gasteiger partial charge in [-0.15, -0.1) is 0 Å². The number of aryl methyl sites for hydroxylation is 1. The van der Waals surface area contributed by atoms with Gasteiger partial charge < -0.3 is 0 Å². The molecule has 0 aliphatic heterocycles. The Balaban J connectivity index is 2.16. The van der Waals surface area contributed by atoms with Crippen molar-refractivity contribution in [2.45, 2.75) is 13.1 Å². The van der Waals surface area contributed by atoms with Crippen LogP contribution >= 0.6 is 0 Å². The molecule has 1 nitrogen and oxygen atoms in total. The Labute approximate surface area is 109 Å². The maximum Gasteiger partial charge on any atom is 0.416 e. The van der Waals surface area contributed by atoms with Crippen LogP contribution < -0.4 is 0 Å². The molecule has 0 bridgehead atoms. The Kier molecular flexibility index (Phi) is 3.69. The summed E-state index contributed by atoms with van der Waals surface area (Å²) in [6, 6.07) is 12.5. The number of alkyl halides is 3. The molecule has 0 saturated carbocycles. The maximum atomic E-state index is 12.4. The highest BCUT2D eigenvalue weighted by Crippen LogP contribution is 2.28. The van der Waals surface area contributed by atoms with Crippen LogP contribution in [-0.2, 0) is 6.18 Å². The number of nitrogens with zero attached hydrogens (tertiary/aromatic N) is 1. The van der Waals surface area contributed by atoms with Gasteiger partial charge in [0.05, 0.1) is 11.3 Å². The lowest BCUT2D eigenvalue weighted by molar-refractivity contribution is -0.137. The van der Waals surface area contributed by atoms with Crippen LogP contribution in [0, 0.1) is 6.92 Å². The highest BCUT2D eigenvalue weighted by atomic mass is 19.4. The second-order valence-electron chi connectivity index (χ2n) is 4.22. The number of aliphatic imine (C=N–C) groups is 1. The number of hydrogen-bond donors (Lipinski definition) is 0. The van der Waals surface area contributed by atoms with Crippen molar-refractivity contribution < 1.29 is 13.2 Å². The first-order valence-electron chi connectivity index (χ1n) is 5.73. The zero-order valence-electron chi connectivity index (χ0n) is 10.3. The van der Waals surface area contributed by atoms with Gasteiger partial charge in [-0.05, 0) is 42.3 Å². The number of rotatable bonds is 2. The van der Waals surface area contributed by atoms with E-state index in [4.69, 9.17) is 0 Å². The summed E-state index contributed by atoms with van der Waals surface area (Å²) in [6.45, 7) is 1.96. The van der Waals surface area contributed by atoms with Crippen molar-refractivity contribution >= 4 is 11.9 Å². The zero-order chi connectivity index (χ0) is 13.9. The summed E-state index contributed by atoms with van der Waals surface area (Å²) in [5, 5.41) is 0. The van der Waals surface area contributed by atoms with Crippen molar-refractivity contribution in [1.82, 2.24) is 0 Å². The van der Waals surface area contributed by atoms with Crippen LogP contribution in [0.5, 0.6) is 0 Å². The minimum atomic E-state index is -4.30. The fourth-order valence-electron chi connectivity index (χ4n) is 1.62. The molecule has 98 valence electrons. The van der Waals surface area contributed by atoms with Gasteiger partial charge in [0.25, 0.3) is 0 Å².